The van der Waals surface area contributed by atoms with E-state index in [1.165, 1.54) is 17.1 Å². The van der Waals surface area contributed by atoms with Gasteiger partial charge >= 0.3 is 6.03 Å². The summed E-state index contributed by atoms with van der Waals surface area (Å²) in [7, 11) is 0. The van der Waals surface area contributed by atoms with Crippen molar-refractivity contribution in [3.05, 3.63) is 65.2 Å². The molecule has 1 heterocycles. The monoisotopic (exact) mass is 370 g/mol. The fourth-order valence-corrected chi connectivity index (χ4v) is 3.84. The molecule has 0 fully saturated rings. The van der Waals surface area contributed by atoms with Crippen LogP contribution in [0.4, 0.5) is 15.6 Å². The first-order valence-corrected chi connectivity index (χ1v) is 9.51. The molecule has 128 valence electrons. The third-order valence-electron chi connectivity index (χ3n) is 3.32. The molecule has 5 nitrogen and oxygen atoms in total. The van der Waals surface area contributed by atoms with Gasteiger partial charge in [0, 0.05) is 23.0 Å². The highest BCUT2D eigenvalue weighted by Gasteiger charge is 2.09. The molecular weight excluding hydrogens is 352 g/mol. The SMILES string of the molecule is Cc1cc(C)cc(NC(=O)Nc2nc(SCc3ccccc3)ns2)c1. The summed E-state index contributed by atoms with van der Waals surface area (Å²) in [4.78, 5) is 16.4. The van der Waals surface area contributed by atoms with Crippen molar-refractivity contribution in [1.29, 1.82) is 0 Å². The molecular formula is C18H18N4OS2. The van der Waals surface area contributed by atoms with Gasteiger partial charge in [-0.1, -0.05) is 48.2 Å². The molecule has 25 heavy (non-hydrogen) atoms. The van der Waals surface area contributed by atoms with Crippen LogP contribution in [0.3, 0.4) is 0 Å². The van der Waals surface area contributed by atoms with E-state index in [4.69, 9.17) is 0 Å². The van der Waals surface area contributed by atoms with E-state index in [-0.39, 0.29) is 6.03 Å². The van der Waals surface area contributed by atoms with Crippen molar-refractivity contribution in [3.63, 3.8) is 0 Å². The fourth-order valence-electron chi connectivity index (χ4n) is 2.35. The van der Waals surface area contributed by atoms with E-state index < -0.39 is 0 Å². The Morgan fingerprint density at radius 2 is 1.80 bits per heavy atom. The Kier molecular flexibility index (Phi) is 5.67. The third kappa shape index (κ3) is 5.30. The van der Waals surface area contributed by atoms with Crippen LogP contribution in [0.1, 0.15) is 16.7 Å². The van der Waals surface area contributed by atoms with Gasteiger partial charge in [-0.15, -0.1) is 0 Å². The Morgan fingerprint density at radius 3 is 2.52 bits per heavy atom. The maximum Gasteiger partial charge on any atom is 0.325 e. The highest BCUT2D eigenvalue weighted by molar-refractivity contribution is 7.98. The van der Waals surface area contributed by atoms with E-state index in [0.717, 1.165) is 22.6 Å². The van der Waals surface area contributed by atoms with Crippen LogP contribution in [0.5, 0.6) is 0 Å². The smallest absolute Gasteiger partial charge is 0.308 e. The van der Waals surface area contributed by atoms with Crippen molar-refractivity contribution in [2.45, 2.75) is 24.8 Å². The standard InChI is InChI=1S/C18H18N4OS2/c1-12-8-13(2)10-15(9-12)19-16(23)20-17-21-18(22-25-17)24-11-14-6-4-3-5-7-14/h3-10H,11H2,1-2H3,(H2,19,20,21,22,23). The van der Waals surface area contributed by atoms with E-state index in [2.05, 4.69) is 38.2 Å². The number of thioether (sulfide) groups is 1. The zero-order chi connectivity index (χ0) is 17.6. The first-order valence-electron chi connectivity index (χ1n) is 7.75. The second-order valence-corrected chi connectivity index (χ2v) is 7.31. The van der Waals surface area contributed by atoms with Gasteiger partial charge in [0.25, 0.3) is 0 Å². The van der Waals surface area contributed by atoms with Gasteiger partial charge < -0.3 is 5.32 Å². The molecule has 7 heteroatoms. The molecule has 0 aliphatic rings. The quantitative estimate of drug-likeness (QED) is 0.614. The molecule has 3 aromatic rings. The number of carbonyl (C=O) groups is 1. The number of benzene rings is 2. The maximum absolute atomic E-state index is 12.1. The van der Waals surface area contributed by atoms with Gasteiger partial charge in [-0.2, -0.15) is 9.36 Å². The molecule has 2 amide bonds. The molecule has 0 aliphatic carbocycles. The van der Waals surface area contributed by atoms with Gasteiger partial charge in [-0.3, -0.25) is 5.32 Å². The van der Waals surface area contributed by atoms with E-state index in [9.17, 15) is 4.79 Å². The fraction of sp³-hybridized carbons (Fsp3) is 0.167. The Bertz CT molecular complexity index is 844. The Hall–Kier alpha value is -2.38. The highest BCUT2D eigenvalue weighted by atomic mass is 32.2. The summed E-state index contributed by atoms with van der Waals surface area (Å²) in [5, 5.41) is 6.70. The van der Waals surface area contributed by atoms with Crippen LogP contribution >= 0.6 is 23.3 Å². The number of amides is 2. The highest BCUT2D eigenvalue weighted by Crippen LogP contribution is 2.23. The van der Waals surface area contributed by atoms with Crippen LogP contribution in [0, 0.1) is 13.8 Å². The molecule has 0 atom stereocenters. The molecule has 0 unspecified atom stereocenters. The number of hydrogen-bond donors (Lipinski definition) is 2. The van der Waals surface area contributed by atoms with Crippen molar-refractivity contribution >= 4 is 40.1 Å². The lowest BCUT2D eigenvalue weighted by Crippen LogP contribution is -2.19. The van der Waals surface area contributed by atoms with E-state index >= 15 is 0 Å². The van der Waals surface area contributed by atoms with Gasteiger partial charge in [-0.25, -0.2) is 4.79 Å². The molecule has 0 saturated heterocycles. The van der Waals surface area contributed by atoms with Crippen molar-refractivity contribution in [2.24, 2.45) is 0 Å². The van der Waals surface area contributed by atoms with Gasteiger partial charge in [0.2, 0.25) is 10.3 Å². The van der Waals surface area contributed by atoms with E-state index in [1.807, 2.05) is 44.2 Å². The number of hydrogen-bond acceptors (Lipinski definition) is 5. The van der Waals surface area contributed by atoms with Gasteiger partial charge in [-0.05, 0) is 42.7 Å². The van der Waals surface area contributed by atoms with Crippen molar-refractivity contribution in [1.82, 2.24) is 9.36 Å². The zero-order valence-electron chi connectivity index (χ0n) is 13.9. The van der Waals surface area contributed by atoms with Gasteiger partial charge in [0.05, 0.1) is 0 Å². The lowest BCUT2D eigenvalue weighted by Gasteiger charge is -2.07. The summed E-state index contributed by atoms with van der Waals surface area (Å²) >= 11 is 2.72. The van der Waals surface area contributed by atoms with Gasteiger partial charge in [0.15, 0.2) is 0 Å². The lowest BCUT2D eigenvalue weighted by atomic mass is 10.1. The predicted octanol–water partition coefficient (Wildman–Crippen LogP) is 5.09. The number of aromatic nitrogens is 2. The molecule has 0 spiro atoms. The minimum absolute atomic E-state index is 0.319. The largest absolute Gasteiger partial charge is 0.325 e. The molecule has 0 radical (unpaired) electrons. The minimum Gasteiger partial charge on any atom is -0.308 e. The molecule has 0 bridgehead atoms. The first kappa shape index (κ1) is 17.4. The predicted molar refractivity (Wildman–Crippen MR) is 104 cm³/mol. The molecule has 3 rings (SSSR count). The van der Waals surface area contributed by atoms with Crippen molar-refractivity contribution in [2.75, 3.05) is 10.6 Å². The number of urea groups is 1. The van der Waals surface area contributed by atoms with Gasteiger partial charge in [0.1, 0.15) is 0 Å². The number of nitrogens with one attached hydrogen (secondary N) is 2. The maximum atomic E-state index is 12.1. The van der Waals surface area contributed by atoms with E-state index in [1.54, 1.807) is 11.8 Å². The number of nitrogens with zero attached hydrogens (tertiary/aromatic N) is 2. The number of carbonyl (C=O) groups excluding carboxylic acids is 1. The summed E-state index contributed by atoms with van der Waals surface area (Å²) in [6.07, 6.45) is 0. The average molecular weight is 371 g/mol. The lowest BCUT2D eigenvalue weighted by molar-refractivity contribution is 0.262. The molecule has 0 saturated carbocycles. The normalized spacial score (nSPS) is 10.5. The Labute approximate surface area is 155 Å². The summed E-state index contributed by atoms with van der Waals surface area (Å²) in [6, 6.07) is 15.7. The summed E-state index contributed by atoms with van der Waals surface area (Å²) in [5.74, 6) is 0.797. The number of rotatable bonds is 5. The Morgan fingerprint density at radius 1 is 1.08 bits per heavy atom. The molecule has 1 aromatic heterocycles. The second-order valence-electron chi connectivity index (χ2n) is 5.61. The summed E-state index contributed by atoms with van der Waals surface area (Å²) < 4.78 is 4.27. The third-order valence-corrected chi connectivity index (χ3v) is 4.98. The van der Waals surface area contributed by atoms with Crippen LogP contribution in [-0.4, -0.2) is 15.4 Å². The van der Waals surface area contributed by atoms with Crippen LogP contribution in [0.15, 0.2) is 53.7 Å². The Balaban J connectivity index is 1.54. The van der Waals surface area contributed by atoms with Crippen molar-refractivity contribution < 1.29 is 4.79 Å². The number of aryl methyl sites for hydroxylation is 2. The van der Waals surface area contributed by atoms with Crippen LogP contribution in [0.2, 0.25) is 0 Å². The first-order chi connectivity index (χ1) is 12.1. The summed E-state index contributed by atoms with van der Waals surface area (Å²) in [5.41, 5.74) is 4.18. The zero-order valence-corrected chi connectivity index (χ0v) is 15.6. The second kappa shape index (κ2) is 8.13. The van der Waals surface area contributed by atoms with Crippen molar-refractivity contribution in [3.8, 4) is 0 Å². The molecule has 2 aromatic carbocycles. The summed E-state index contributed by atoms with van der Waals surface area (Å²) in [6.45, 7) is 3.99. The number of anilines is 2. The van der Waals surface area contributed by atoms with Crippen LogP contribution in [0.25, 0.3) is 0 Å². The topological polar surface area (TPSA) is 66.9 Å². The minimum atomic E-state index is -0.319. The molecule has 2 N–H and O–H groups in total. The van der Waals surface area contributed by atoms with Crippen LogP contribution < -0.4 is 10.6 Å². The van der Waals surface area contributed by atoms with E-state index in [0.29, 0.717) is 10.3 Å². The molecule has 0 aliphatic heterocycles. The average Bonchev–Trinajstić information content (AvgIpc) is 3.00. The van der Waals surface area contributed by atoms with Crippen LogP contribution in [-0.2, 0) is 5.75 Å².